The van der Waals surface area contributed by atoms with E-state index in [1.807, 2.05) is 54.6 Å². The van der Waals surface area contributed by atoms with E-state index in [0.717, 1.165) is 27.3 Å². The van der Waals surface area contributed by atoms with Gasteiger partial charge in [-0.15, -0.1) is 11.3 Å². The summed E-state index contributed by atoms with van der Waals surface area (Å²) in [5.74, 6) is 0.776. The number of thioether (sulfide) groups is 1. The average molecular weight is 549 g/mol. The van der Waals surface area contributed by atoms with Gasteiger partial charge in [-0.3, -0.25) is 19.0 Å². The van der Waals surface area contributed by atoms with Crippen LogP contribution in [0.15, 0.2) is 64.5 Å². The standard InChI is InChI=1S/C28H28N4O4S2/c1-18(33)31-13-12-22-23(16-31)38-26-25(22)27(35)32(15-20-6-4-3-5-7-20)28(30-26)37-17-24(34)29-14-19-8-10-21(36-2)11-9-19/h3-11H,12-17H2,1-2H3,(H,29,34). The first-order chi connectivity index (χ1) is 18.4. The highest BCUT2D eigenvalue weighted by Gasteiger charge is 2.26. The number of aromatic nitrogens is 2. The zero-order valence-electron chi connectivity index (χ0n) is 21.2. The quantitative estimate of drug-likeness (QED) is 0.266. The number of benzene rings is 2. The molecule has 0 aliphatic carbocycles. The summed E-state index contributed by atoms with van der Waals surface area (Å²) in [5.41, 5.74) is 2.84. The van der Waals surface area contributed by atoms with E-state index in [1.165, 1.54) is 23.1 Å². The van der Waals surface area contributed by atoms with Crippen LogP contribution in [0.4, 0.5) is 0 Å². The van der Waals surface area contributed by atoms with Crippen molar-refractivity contribution in [3.63, 3.8) is 0 Å². The Kier molecular flexibility index (Phi) is 7.80. The Labute approximate surface area is 228 Å². The second kappa shape index (κ2) is 11.4. The van der Waals surface area contributed by atoms with Crippen molar-refractivity contribution in [3.05, 3.63) is 86.5 Å². The second-order valence-electron chi connectivity index (χ2n) is 9.06. The number of nitrogens with zero attached hydrogens (tertiary/aromatic N) is 3. The smallest absolute Gasteiger partial charge is 0.263 e. The van der Waals surface area contributed by atoms with Gasteiger partial charge in [0.1, 0.15) is 10.6 Å². The molecule has 1 aliphatic heterocycles. The minimum absolute atomic E-state index is 0.0273. The van der Waals surface area contributed by atoms with Crippen LogP contribution in [-0.2, 0) is 35.6 Å². The van der Waals surface area contributed by atoms with Gasteiger partial charge in [0.2, 0.25) is 11.8 Å². The summed E-state index contributed by atoms with van der Waals surface area (Å²) in [7, 11) is 1.61. The second-order valence-corrected chi connectivity index (χ2v) is 11.1. The van der Waals surface area contributed by atoms with Gasteiger partial charge in [0.25, 0.3) is 5.56 Å². The highest BCUT2D eigenvalue weighted by molar-refractivity contribution is 7.99. The average Bonchev–Trinajstić information content (AvgIpc) is 3.31. The van der Waals surface area contributed by atoms with Gasteiger partial charge in [-0.2, -0.15) is 0 Å². The van der Waals surface area contributed by atoms with Gasteiger partial charge < -0.3 is 15.0 Å². The predicted molar refractivity (Wildman–Crippen MR) is 150 cm³/mol. The van der Waals surface area contributed by atoms with E-state index in [0.29, 0.717) is 48.0 Å². The Balaban J connectivity index is 1.40. The number of nitrogens with one attached hydrogen (secondary N) is 1. The summed E-state index contributed by atoms with van der Waals surface area (Å²) in [6.07, 6.45) is 0.636. The molecule has 8 nitrogen and oxygen atoms in total. The van der Waals surface area contributed by atoms with E-state index in [1.54, 1.807) is 23.5 Å². The van der Waals surface area contributed by atoms with Crippen molar-refractivity contribution in [2.24, 2.45) is 0 Å². The Morgan fingerprint density at radius 2 is 1.87 bits per heavy atom. The van der Waals surface area contributed by atoms with Crippen LogP contribution in [0.2, 0.25) is 0 Å². The van der Waals surface area contributed by atoms with Gasteiger partial charge >= 0.3 is 0 Å². The molecule has 0 saturated carbocycles. The zero-order valence-corrected chi connectivity index (χ0v) is 22.9. The summed E-state index contributed by atoms with van der Waals surface area (Å²) >= 11 is 2.72. The van der Waals surface area contributed by atoms with Crippen molar-refractivity contribution < 1.29 is 14.3 Å². The third kappa shape index (κ3) is 5.61. The summed E-state index contributed by atoms with van der Waals surface area (Å²) in [6, 6.07) is 17.3. The van der Waals surface area contributed by atoms with E-state index in [2.05, 4.69) is 5.32 Å². The van der Waals surface area contributed by atoms with E-state index in [-0.39, 0.29) is 23.1 Å². The van der Waals surface area contributed by atoms with E-state index in [9.17, 15) is 14.4 Å². The number of rotatable bonds is 8. The fraction of sp³-hybridized carbons (Fsp3) is 0.286. The molecular weight excluding hydrogens is 520 g/mol. The summed E-state index contributed by atoms with van der Waals surface area (Å²) in [4.78, 5) is 46.8. The third-order valence-electron chi connectivity index (χ3n) is 6.54. The van der Waals surface area contributed by atoms with Crippen molar-refractivity contribution in [2.45, 2.75) is 38.1 Å². The van der Waals surface area contributed by atoms with Gasteiger partial charge in [-0.25, -0.2) is 4.98 Å². The topological polar surface area (TPSA) is 93.5 Å². The molecule has 4 aromatic rings. The van der Waals surface area contributed by atoms with Crippen LogP contribution in [0.25, 0.3) is 10.2 Å². The number of carbonyl (C=O) groups is 2. The molecule has 10 heteroatoms. The van der Waals surface area contributed by atoms with Crippen LogP contribution in [0.3, 0.4) is 0 Å². The highest BCUT2D eigenvalue weighted by Crippen LogP contribution is 2.34. The number of thiophene rings is 1. The number of amides is 2. The minimum atomic E-state index is -0.144. The first kappa shape index (κ1) is 26.0. The molecule has 0 unspecified atom stereocenters. The van der Waals surface area contributed by atoms with Crippen molar-refractivity contribution in [1.29, 1.82) is 0 Å². The number of ether oxygens (including phenoxy) is 1. The lowest BCUT2D eigenvalue weighted by atomic mass is 10.1. The van der Waals surface area contributed by atoms with Crippen LogP contribution in [0.1, 0.15) is 28.5 Å². The van der Waals surface area contributed by atoms with Gasteiger partial charge in [-0.1, -0.05) is 54.2 Å². The third-order valence-corrected chi connectivity index (χ3v) is 8.62. The van der Waals surface area contributed by atoms with E-state index >= 15 is 0 Å². The van der Waals surface area contributed by atoms with Crippen LogP contribution < -0.4 is 15.6 Å². The van der Waals surface area contributed by atoms with Crippen molar-refractivity contribution >= 4 is 45.1 Å². The molecule has 5 rings (SSSR count). The van der Waals surface area contributed by atoms with E-state index < -0.39 is 0 Å². The number of carbonyl (C=O) groups excluding carboxylic acids is 2. The summed E-state index contributed by atoms with van der Waals surface area (Å²) in [6.45, 7) is 3.43. The fourth-order valence-corrected chi connectivity index (χ4v) is 6.57. The summed E-state index contributed by atoms with van der Waals surface area (Å²) < 4.78 is 6.85. The molecular formula is C28H28N4O4S2. The maximum absolute atomic E-state index is 13.8. The van der Waals surface area contributed by atoms with Crippen LogP contribution in [0.5, 0.6) is 5.75 Å². The molecule has 0 atom stereocenters. The maximum Gasteiger partial charge on any atom is 0.263 e. The first-order valence-corrected chi connectivity index (χ1v) is 14.1. The molecule has 2 aromatic carbocycles. The molecule has 0 fully saturated rings. The largest absolute Gasteiger partial charge is 0.497 e. The Morgan fingerprint density at radius 1 is 1.11 bits per heavy atom. The molecule has 38 heavy (non-hydrogen) atoms. The van der Waals surface area contributed by atoms with Crippen molar-refractivity contribution in [1.82, 2.24) is 19.8 Å². The number of hydrogen-bond acceptors (Lipinski definition) is 7. The summed E-state index contributed by atoms with van der Waals surface area (Å²) in [5, 5.41) is 4.08. The fourth-order valence-electron chi connectivity index (χ4n) is 4.47. The van der Waals surface area contributed by atoms with E-state index in [4.69, 9.17) is 9.72 Å². The number of fused-ring (bicyclic) bond motifs is 3. The zero-order chi connectivity index (χ0) is 26.6. The normalized spacial score (nSPS) is 12.8. The lowest BCUT2D eigenvalue weighted by Gasteiger charge is -2.25. The molecule has 0 radical (unpaired) electrons. The molecule has 2 amide bonds. The molecule has 2 aromatic heterocycles. The first-order valence-electron chi connectivity index (χ1n) is 12.3. The van der Waals surface area contributed by atoms with Gasteiger partial charge in [0, 0.05) is 24.9 Å². The Hall–Kier alpha value is -3.63. The highest BCUT2D eigenvalue weighted by atomic mass is 32.2. The number of hydrogen-bond donors (Lipinski definition) is 1. The molecule has 196 valence electrons. The van der Waals surface area contributed by atoms with Crippen LogP contribution >= 0.6 is 23.1 Å². The minimum Gasteiger partial charge on any atom is -0.497 e. The molecule has 3 heterocycles. The van der Waals surface area contributed by atoms with Crippen molar-refractivity contribution in [3.8, 4) is 5.75 Å². The van der Waals surface area contributed by atoms with Gasteiger partial charge in [0.05, 0.1) is 31.3 Å². The van der Waals surface area contributed by atoms with Gasteiger partial charge in [0.15, 0.2) is 5.16 Å². The van der Waals surface area contributed by atoms with Crippen molar-refractivity contribution in [2.75, 3.05) is 19.4 Å². The SMILES string of the molecule is COc1ccc(CNC(=O)CSc2nc3sc4c(c3c(=O)n2Cc2ccccc2)CCN(C(C)=O)C4)cc1. The van der Waals surface area contributed by atoms with Crippen LogP contribution in [0, 0.1) is 0 Å². The predicted octanol–water partition coefficient (Wildman–Crippen LogP) is 3.83. The maximum atomic E-state index is 13.8. The van der Waals surface area contributed by atoms with Crippen LogP contribution in [-0.4, -0.2) is 45.7 Å². The lowest BCUT2D eigenvalue weighted by molar-refractivity contribution is -0.129. The molecule has 0 saturated heterocycles. The monoisotopic (exact) mass is 548 g/mol. The molecule has 1 aliphatic rings. The molecule has 1 N–H and O–H groups in total. The molecule has 0 spiro atoms. The molecule has 0 bridgehead atoms. The Bertz CT molecular complexity index is 1530. The lowest BCUT2D eigenvalue weighted by Crippen LogP contribution is -2.34. The Morgan fingerprint density at radius 3 is 2.58 bits per heavy atom. The van der Waals surface area contributed by atoms with Gasteiger partial charge in [-0.05, 0) is 35.2 Å². The number of methoxy groups -OCH3 is 1.